The van der Waals surface area contributed by atoms with Crippen LogP contribution in [0.3, 0.4) is 0 Å². The fourth-order valence-electron chi connectivity index (χ4n) is 1.82. The van der Waals surface area contributed by atoms with Crippen LogP contribution in [-0.4, -0.2) is 6.03 Å². The number of rotatable bonds is 4. The van der Waals surface area contributed by atoms with E-state index >= 15 is 0 Å². The van der Waals surface area contributed by atoms with Crippen molar-refractivity contribution in [3.63, 3.8) is 0 Å². The molecule has 0 aliphatic rings. The number of nitrogens with two attached hydrogens (primary N) is 1. The van der Waals surface area contributed by atoms with Gasteiger partial charge in [-0.3, -0.25) is 0 Å². The maximum absolute atomic E-state index is 10.6. The molecule has 0 saturated carbocycles. The van der Waals surface area contributed by atoms with Crippen molar-refractivity contribution in [2.24, 2.45) is 5.73 Å². The SMILES string of the molecule is CCCc1cc2cc(CNC(N)=O)ccc2o1. The molecule has 1 aromatic heterocycles. The minimum absolute atomic E-state index is 0.444. The van der Waals surface area contributed by atoms with Crippen molar-refractivity contribution >= 4 is 17.0 Å². The first kappa shape index (κ1) is 11.5. The largest absolute Gasteiger partial charge is 0.461 e. The Kier molecular flexibility index (Phi) is 3.32. The third-order valence-corrected chi connectivity index (χ3v) is 2.59. The van der Waals surface area contributed by atoms with Gasteiger partial charge in [-0.25, -0.2) is 4.79 Å². The molecule has 0 radical (unpaired) electrons. The molecule has 3 N–H and O–H groups in total. The number of benzene rings is 1. The molecule has 0 aliphatic heterocycles. The molecule has 2 rings (SSSR count). The monoisotopic (exact) mass is 232 g/mol. The minimum Gasteiger partial charge on any atom is -0.461 e. The molecule has 0 aliphatic carbocycles. The van der Waals surface area contributed by atoms with Crippen LogP contribution in [0.15, 0.2) is 28.7 Å². The maximum atomic E-state index is 10.6. The van der Waals surface area contributed by atoms with Gasteiger partial charge >= 0.3 is 6.03 Å². The van der Waals surface area contributed by atoms with Gasteiger partial charge in [0.15, 0.2) is 0 Å². The van der Waals surface area contributed by atoms with E-state index in [1.54, 1.807) is 0 Å². The Bertz CT molecular complexity index is 531. The van der Waals surface area contributed by atoms with Gasteiger partial charge in [-0.1, -0.05) is 13.0 Å². The molecule has 0 saturated heterocycles. The van der Waals surface area contributed by atoms with Crippen LogP contribution in [0.1, 0.15) is 24.7 Å². The number of nitrogens with one attached hydrogen (secondary N) is 1. The summed E-state index contributed by atoms with van der Waals surface area (Å²) in [6, 6.07) is 7.40. The summed E-state index contributed by atoms with van der Waals surface area (Å²) in [7, 11) is 0. The highest BCUT2D eigenvalue weighted by atomic mass is 16.3. The Morgan fingerprint density at radius 3 is 2.94 bits per heavy atom. The second-order valence-electron chi connectivity index (χ2n) is 4.05. The van der Waals surface area contributed by atoms with Gasteiger partial charge < -0.3 is 15.5 Å². The lowest BCUT2D eigenvalue weighted by molar-refractivity contribution is 0.248. The summed E-state index contributed by atoms with van der Waals surface area (Å²) in [4.78, 5) is 10.6. The smallest absolute Gasteiger partial charge is 0.312 e. The molecule has 0 atom stereocenters. The van der Waals surface area contributed by atoms with E-state index in [9.17, 15) is 4.79 Å². The minimum atomic E-state index is -0.510. The standard InChI is InChI=1S/C13H16N2O2/c1-2-3-11-7-10-6-9(8-15-13(14)16)4-5-12(10)17-11/h4-7H,2-3,8H2,1H3,(H3,14,15,16). The van der Waals surface area contributed by atoms with E-state index in [1.807, 2.05) is 24.3 Å². The van der Waals surface area contributed by atoms with Crippen LogP contribution in [0.5, 0.6) is 0 Å². The highest BCUT2D eigenvalue weighted by molar-refractivity contribution is 5.79. The van der Waals surface area contributed by atoms with Crippen LogP contribution >= 0.6 is 0 Å². The van der Waals surface area contributed by atoms with Gasteiger partial charge in [0, 0.05) is 18.4 Å². The van der Waals surface area contributed by atoms with Crippen molar-refractivity contribution in [3.05, 3.63) is 35.6 Å². The molecule has 17 heavy (non-hydrogen) atoms. The molecule has 0 bridgehead atoms. The van der Waals surface area contributed by atoms with Crippen LogP contribution < -0.4 is 11.1 Å². The van der Waals surface area contributed by atoms with E-state index in [-0.39, 0.29) is 0 Å². The molecule has 2 amide bonds. The average Bonchev–Trinajstić information content (AvgIpc) is 2.68. The van der Waals surface area contributed by atoms with E-state index in [0.717, 1.165) is 35.1 Å². The Morgan fingerprint density at radius 1 is 1.41 bits per heavy atom. The van der Waals surface area contributed by atoms with Gasteiger partial charge in [0.25, 0.3) is 0 Å². The lowest BCUT2D eigenvalue weighted by Crippen LogP contribution is -2.28. The maximum Gasteiger partial charge on any atom is 0.312 e. The predicted molar refractivity (Wildman–Crippen MR) is 66.6 cm³/mol. The number of carbonyl (C=O) groups is 1. The van der Waals surface area contributed by atoms with Crippen molar-refractivity contribution in [2.45, 2.75) is 26.3 Å². The molecular weight excluding hydrogens is 216 g/mol. The fourth-order valence-corrected chi connectivity index (χ4v) is 1.82. The second-order valence-corrected chi connectivity index (χ2v) is 4.05. The highest BCUT2D eigenvalue weighted by Crippen LogP contribution is 2.21. The molecule has 1 heterocycles. The Morgan fingerprint density at radius 2 is 2.24 bits per heavy atom. The zero-order valence-electron chi connectivity index (χ0n) is 9.82. The number of urea groups is 1. The van der Waals surface area contributed by atoms with Crippen LogP contribution in [0.4, 0.5) is 4.79 Å². The van der Waals surface area contributed by atoms with Gasteiger partial charge in [-0.15, -0.1) is 0 Å². The molecular formula is C13H16N2O2. The Hall–Kier alpha value is -1.97. The number of aryl methyl sites for hydroxylation is 1. The number of carbonyl (C=O) groups excluding carboxylic acids is 1. The first-order valence-corrected chi connectivity index (χ1v) is 5.73. The van der Waals surface area contributed by atoms with Crippen molar-refractivity contribution in [1.82, 2.24) is 5.32 Å². The van der Waals surface area contributed by atoms with Crippen LogP contribution in [-0.2, 0) is 13.0 Å². The number of amides is 2. The van der Waals surface area contributed by atoms with Gasteiger partial charge in [-0.05, 0) is 30.2 Å². The van der Waals surface area contributed by atoms with Gasteiger partial charge in [0.05, 0.1) is 0 Å². The lowest BCUT2D eigenvalue weighted by Gasteiger charge is -2.01. The van der Waals surface area contributed by atoms with Crippen molar-refractivity contribution in [2.75, 3.05) is 0 Å². The number of furan rings is 1. The predicted octanol–water partition coefficient (Wildman–Crippen LogP) is 2.55. The quantitative estimate of drug-likeness (QED) is 0.850. The summed E-state index contributed by atoms with van der Waals surface area (Å²) in [6.07, 6.45) is 2.01. The summed E-state index contributed by atoms with van der Waals surface area (Å²) >= 11 is 0. The number of hydrogen-bond acceptors (Lipinski definition) is 2. The van der Waals surface area contributed by atoms with E-state index in [2.05, 4.69) is 12.2 Å². The van der Waals surface area contributed by atoms with Crippen LogP contribution in [0.2, 0.25) is 0 Å². The molecule has 2 aromatic rings. The zero-order valence-corrected chi connectivity index (χ0v) is 9.82. The van der Waals surface area contributed by atoms with E-state index in [4.69, 9.17) is 10.2 Å². The fraction of sp³-hybridized carbons (Fsp3) is 0.308. The third kappa shape index (κ3) is 2.78. The molecule has 0 unspecified atom stereocenters. The topological polar surface area (TPSA) is 68.3 Å². The number of primary amides is 1. The van der Waals surface area contributed by atoms with Crippen molar-refractivity contribution in [1.29, 1.82) is 0 Å². The van der Waals surface area contributed by atoms with Crippen molar-refractivity contribution in [3.8, 4) is 0 Å². The van der Waals surface area contributed by atoms with E-state index in [1.165, 1.54) is 0 Å². The summed E-state index contributed by atoms with van der Waals surface area (Å²) in [5.41, 5.74) is 6.93. The molecule has 4 heteroatoms. The summed E-state index contributed by atoms with van der Waals surface area (Å²) in [6.45, 7) is 2.56. The summed E-state index contributed by atoms with van der Waals surface area (Å²) in [5.74, 6) is 1.00. The first-order valence-electron chi connectivity index (χ1n) is 5.73. The molecule has 0 spiro atoms. The molecule has 90 valence electrons. The van der Waals surface area contributed by atoms with E-state index < -0.39 is 6.03 Å². The zero-order chi connectivity index (χ0) is 12.3. The average molecular weight is 232 g/mol. The van der Waals surface area contributed by atoms with Gasteiger partial charge in [-0.2, -0.15) is 0 Å². The Balaban J connectivity index is 2.20. The van der Waals surface area contributed by atoms with Crippen LogP contribution in [0, 0.1) is 0 Å². The second kappa shape index (κ2) is 4.91. The highest BCUT2D eigenvalue weighted by Gasteiger charge is 2.04. The van der Waals surface area contributed by atoms with Crippen LogP contribution in [0.25, 0.3) is 11.0 Å². The van der Waals surface area contributed by atoms with Gasteiger partial charge in [0.2, 0.25) is 0 Å². The number of fused-ring (bicyclic) bond motifs is 1. The van der Waals surface area contributed by atoms with Crippen molar-refractivity contribution < 1.29 is 9.21 Å². The summed E-state index contributed by atoms with van der Waals surface area (Å²) in [5, 5.41) is 3.63. The molecule has 4 nitrogen and oxygen atoms in total. The first-order chi connectivity index (χ1) is 8.19. The van der Waals surface area contributed by atoms with E-state index in [0.29, 0.717) is 6.54 Å². The summed E-state index contributed by atoms with van der Waals surface area (Å²) < 4.78 is 5.68. The molecule has 0 fully saturated rings. The number of hydrogen-bond donors (Lipinski definition) is 2. The normalized spacial score (nSPS) is 10.6. The Labute approximate surface area is 99.8 Å². The third-order valence-electron chi connectivity index (χ3n) is 2.59. The lowest BCUT2D eigenvalue weighted by atomic mass is 10.1. The van der Waals surface area contributed by atoms with Gasteiger partial charge in [0.1, 0.15) is 11.3 Å². The molecule has 1 aromatic carbocycles.